The van der Waals surface area contributed by atoms with Crippen LogP contribution in [0.5, 0.6) is 11.5 Å². The molecule has 1 atom stereocenters. The summed E-state index contributed by atoms with van der Waals surface area (Å²) in [5.41, 5.74) is -0.363. The summed E-state index contributed by atoms with van der Waals surface area (Å²) < 4.78 is 15.6. The number of hydrogen-bond acceptors (Lipinski definition) is 6. The SMILES string of the molecule is COCCC(C)Oc1cc([N+](=O)[O-])c(C=O)cc1OC. The zero-order chi connectivity index (χ0) is 15.1. The molecule has 0 fully saturated rings. The maximum absolute atomic E-state index is 10.9. The van der Waals surface area contributed by atoms with Crippen molar-refractivity contribution in [3.63, 3.8) is 0 Å². The summed E-state index contributed by atoms with van der Waals surface area (Å²) >= 11 is 0. The number of ether oxygens (including phenoxy) is 3. The van der Waals surface area contributed by atoms with E-state index < -0.39 is 4.92 Å². The van der Waals surface area contributed by atoms with E-state index >= 15 is 0 Å². The van der Waals surface area contributed by atoms with E-state index in [4.69, 9.17) is 14.2 Å². The first kappa shape index (κ1) is 15.9. The molecule has 0 radical (unpaired) electrons. The molecule has 0 aromatic heterocycles. The highest BCUT2D eigenvalue weighted by Crippen LogP contribution is 2.34. The fraction of sp³-hybridized carbons (Fsp3) is 0.462. The number of nitro benzene ring substituents is 1. The number of aldehydes is 1. The van der Waals surface area contributed by atoms with Gasteiger partial charge in [-0.25, -0.2) is 0 Å². The first-order chi connectivity index (χ1) is 9.53. The van der Waals surface area contributed by atoms with Gasteiger partial charge >= 0.3 is 0 Å². The summed E-state index contributed by atoms with van der Waals surface area (Å²) in [6.07, 6.45) is 0.840. The maximum atomic E-state index is 10.9. The van der Waals surface area contributed by atoms with Crippen LogP contribution in [0.1, 0.15) is 23.7 Å². The molecule has 7 heteroatoms. The highest BCUT2D eigenvalue weighted by molar-refractivity contribution is 5.83. The smallest absolute Gasteiger partial charge is 0.283 e. The number of benzene rings is 1. The van der Waals surface area contributed by atoms with Gasteiger partial charge in [0.25, 0.3) is 5.69 Å². The zero-order valence-corrected chi connectivity index (χ0v) is 11.6. The lowest BCUT2D eigenvalue weighted by molar-refractivity contribution is -0.385. The van der Waals surface area contributed by atoms with E-state index in [1.54, 1.807) is 7.11 Å². The minimum atomic E-state index is -0.629. The lowest BCUT2D eigenvalue weighted by Crippen LogP contribution is -2.15. The molecule has 0 saturated heterocycles. The van der Waals surface area contributed by atoms with Crippen LogP contribution >= 0.6 is 0 Å². The second-order valence-corrected chi connectivity index (χ2v) is 4.15. The van der Waals surface area contributed by atoms with Gasteiger partial charge in [0.1, 0.15) is 0 Å². The van der Waals surface area contributed by atoms with E-state index in [1.807, 2.05) is 6.92 Å². The van der Waals surface area contributed by atoms with Crippen molar-refractivity contribution in [1.29, 1.82) is 0 Å². The Balaban J connectivity index is 3.07. The molecule has 0 N–H and O–H groups in total. The van der Waals surface area contributed by atoms with E-state index in [9.17, 15) is 14.9 Å². The Morgan fingerprint density at radius 2 is 2.05 bits per heavy atom. The second-order valence-electron chi connectivity index (χ2n) is 4.15. The Labute approximate surface area is 116 Å². The fourth-order valence-corrected chi connectivity index (χ4v) is 1.63. The molecule has 0 spiro atoms. The molecular formula is C13H17NO6. The average Bonchev–Trinajstić information content (AvgIpc) is 2.44. The molecule has 0 aliphatic heterocycles. The van der Waals surface area contributed by atoms with Gasteiger partial charge < -0.3 is 14.2 Å². The lowest BCUT2D eigenvalue weighted by Gasteiger charge is -2.16. The normalized spacial score (nSPS) is 11.8. The molecule has 110 valence electrons. The van der Waals surface area contributed by atoms with Crippen molar-refractivity contribution in [2.75, 3.05) is 20.8 Å². The molecular weight excluding hydrogens is 266 g/mol. The van der Waals surface area contributed by atoms with Crippen LogP contribution in [0.3, 0.4) is 0 Å². The van der Waals surface area contributed by atoms with E-state index in [2.05, 4.69) is 0 Å². The predicted octanol–water partition coefficient (Wildman–Crippen LogP) is 2.22. The van der Waals surface area contributed by atoms with Crippen LogP contribution in [-0.4, -0.2) is 38.1 Å². The minimum absolute atomic E-state index is 0.0521. The number of nitro groups is 1. The van der Waals surface area contributed by atoms with Crippen LogP contribution < -0.4 is 9.47 Å². The third-order valence-electron chi connectivity index (χ3n) is 2.69. The van der Waals surface area contributed by atoms with Crippen molar-refractivity contribution in [3.8, 4) is 11.5 Å². The van der Waals surface area contributed by atoms with Gasteiger partial charge in [-0.2, -0.15) is 0 Å². The van der Waals surface area contributed by atoms with Gasteiger partial charge in [0.05, 0.1) is 29.8 Å². The fourth-order valence-electron chi connectivity index (χ4n) is 1.63. The molecule has 7 nitrogen and oxygen atoms in total. The highest BCUT2D eigenvalue weighted by Gasteiger charge is 2.20. The number of carbonyl (C=O) groups excluding carboxylic acids is 1. The van der Waals surface area contributed by atoms with Crippen LogP contribution in [0.25, 0.3) is 0 Å². The zero-order valence-electron chi connectivity index (χ0n) is 11.6. The monoisotopic (exact) mass is 283 g/mol. The summed E-state index contributed by atoms with van der Waals surface area (Å²) in [6.45, 7) is 2.33. The molecule has 1 aromatic rings. The first-order valence-corrected chi connectivity index (χ1v) is 6.00. The van der Waals surface area contributed by atoms with Crippen molar-refractivity contribution >= 4 is 12.0 Å². The molecule has 0 heterocycles. The third-order valence-corrected chi connectivity index (χ3v) is 2.69. The molecule has 0 saturated carbocycles. The van der Waals surface area contributed by atoms with Crippen molar-refractivity contribution in [2.24, 2.45) is 0 Å². The van der Waals surface area contributed by atoms with Gasteiger partial charge in [-0.1, -0.05) is 0 Å². The topological polar surface area (TPSA) is 87.9 Å². The second kappa shape index (κ2) is 7.44. The van der Waals surface area contributed by atoms with E-state index in [-0.39, 0.29) is 28.9 Å². The summed E-state index contributed by atoms with van der Waals surface area (Å²) in [5, 5.41) is 10.9. The van der Waals surface area contributed by atoms with Crippen LogP contribution in [0.2, 0.25) is 0 Å². The van der Waals surface area contributed by atoms with Crippen LogP contribution in [0.4, 0.5) is 5.69 Å². The molecule has 1 aromatic carbocycles. The van der Waals surface area contributed by atoms with Crippen molar-refractivity contribution < 1.29 is 23.9 Å². The molecule has 20 heavy (non-hydrogen) atoms. The van der Waals surface area contributed by atoms with Gasteiger partial charge in [0, 0.05) is 26.2 Å². The summed E-state index contributed by atoms with van der Waals surface area (Å²) in [5.74, 6) is 0.510. The predicted molar refractivity (Wildman–Crippen MR) is 71.6 cm³/mol. The molecule has 1 rings (SSSR count). The quantitative estimate of drug-likeness (QED) is 0.413. The van der Waals surface area contributed by atoms with Crippen molar-refractivity contribution in [1.82, 2.24) is 0 Å². The third kappa shape index (κ3) is 3.92. The number of rotatable bonds is 8. The van der Waals surface area contributed by atoms with Gasteiger partial charge in [0.15, 0.2) is 17.8 Å². The number of hydrogen-bond donors (Lipinski definition) is 0. The van der Waals surface area contributed by atoms with Crippen LogP contribution in [0.15, 0.2) is 12.1 Å². The Morgan fingerprint density at radius 3 is 2.55 bits per heavy atom. The standard InChI is InChI=1S/C13H17NO6/c1-9(4-5-18-2)20-13-7-11(14(16)17)10(8-15)6-12(13)19-3/h6-9H,4-5H2,1-3H3. The number of nitrogens with zero attached hydrogens (tertiary/aromatic N) is 1. The van der Waals surface area contributed by atoms with Gasteiger partial charge in [0.2, 0.25) is 0 Å². The Bertz CT molecular complexity index is 488. The highest BCUT2D eigenvalue weighted by atomic mass is 16.6. The lowest BCUT2D eigenvalue weighted by atomic mass is 10.1. The molecule has 0 aliphatic carbocycles. The first-order valence-electron chi connectivity index (χ1n) is 6.00. The maximum Gasteiger partial charge on any atom is 0.283 e. The Kier molecular flexibility index (Phi) is 5.92. The largest absolute Gasteiger partial charge is 0.493 e. The van der Waals surface area contributed by atoms with E-state index in [1.165, 1.54) is 19.2 Å². The van der Waals surface area contributed by atoms with Crippen LogP contribution in [0, 0.1) is 10.1 Å². The Hall–Kier alpha value is -2.15. The number of methoxy groups -OCH3 is 2. The molecule has 1 unspecified atom stereocenters. The molecule has 0 aliphatic rings. The minimum Gasteiger partial charge on any atom is -0.493 e. The Morgan fingerprint density at radius 1 is 1.35 bits per heavy atom. The van der Waals surface area contributed by atoms with Gasteiger partial charge in [-0.15, -0.1) is 0 Å². The van der Waals surface area contributed by atoms with E-state index in [0.29, 0.717) is 19.3 Å². The summed E-state index contributed by atoms with van der Waals surface area (Å²) in [7, 11) is 2.99. The van der Waals surface area contributed by atoms with Crippen molar-refractivity contribution in [3.05, 3.63) is 27.8 Å². The molecule has 0 bridgehead atoms. The number of carbonyl (C=O) groups is 1. The summed E-state index contributed by atoms with van der Waals surface area (Å²) in [6, 6.07) is 2.50. The van der Waals surface area contributed by atoms with Crippen molar-refractivity contribution in [2.45, 2.75) is 19.4 Å². The van der Waals surface area contributed by atoms with E-state index in [0.717, 1.165) is 0 Å². The molecule has 0 amide bonds. The average molecular weight is 283 g/mol. The summed E-state index contributed by atoms with van der Waals surface area (Å²) in [4.78, 5) is 21.1. The van der Waals surface area contributed by atoms with Crippen LogP contribution in [-0.2, 0) is 4.74 Å². The van der Waals surface area contributed by atoms with Gasteiger partial charge in [-0.05, 0) is 6.92 Å². The van der Waals surface area contributed by atoms with Gasteiger partial charge in [-0.3, -0.25) is 14.9 Å².